The van der Waals surface area contributed by atoms with Gasteiger partial charge in [0.25, 0.3) is 0 Å². The fraction of sp³-hybridized carbons (Fsp3) is 0.143. The van der Waals surface area contributed by atoms with Crippen molar-refractivity contribution in [3.8, 4) is 17.3 Å². The summed E-state index contributed by atoms with van der Waals surface area (Å²) in [5.74, 6) is 0.0607. The first-order valence-corrected chi connectivity index (χ1v) is 9.24. The number of aromatic nitrogens is 3. The Bertz CT molecular complexity index is 1170. The lowest BCUT2D eigenvalue weighted by Crippen LogP contribution is -2.12. The fourth-order valence-electron chi connectivity index (χ4n) is 3.31. The molecular formula is C21H15ClFN3O2. The van der Waals surface area contributed by atoms with Crippen LogP contribution < -0.4 is 4.74 Å². The molecule has 2 aromatic carbocycles. The maximum absolute atomic E-state index is 14.2. The van der Waals surface area contributed by atoms with Crippen LogP contribution in [0, 0.1) is 5.82 Å². The SMILES string of the molecule is Fc1ccccc1Oc1c2cnc3c(c2nn1-c1ccc(Cl)cc1)COCC3. The van der Waals surface area contributed by atoms with Crippen LogP contribution >= 0.6 is 11.6 Å². The smallest absolute Gasteiger partial charge is 0.232 e. The Kier molecular flexibility index (Phi) is 4.22. The van der Waals surface area contributed by atoms with Gasteiger partial charge in [-0.05, 0) is 36.4 Å². The Morgan fingerprint density at radius 3 is 2.75 bits per heavy atom. The molecule has 4 aromatic rings. The van der Waals surface area contributed by atoms with Crippen LogP contribution in [0.5, 0.6) is 11.6 Å². The number of halogens is 2. The van der Waals surface area contributed by atoms with Crippen molar-refractivity contribution in [3.05, 3.63) is 76.8 Å². The van der Waals surface area contributed by atoms with Crippen LogP contribution in [-0.2, 0) is 17.8 Å². The summed E-state index contributed by atoms with van der Waals surface area (Å²) in [5.41, 5.74) is 3.40. The van der Waals surface area contributed by atoms with Crippen molar-refractivity contribution in [2.75, 3.05) is 6.61 Å². The van der Waals surface area contributed by atoms with Crippen molar-refractivity contribution in [1.29, 1.82) is 0 Å². The molecule has 0 N–H and O–H groups in total. The number of rotatable bonds is 3. The number of pyridine rings is 1. The van der Waals surface area contributed by atoms with Gasteiger partial charge in [-0.2, -0.15) is 9.78 Å². The molecule has 5 rings (SSSR count). The zero-order valence-electron chi connectivity index (χ0n) is 14.7. The van der Waals surface area contributed by atoms with Crippen molar-refractivity contribution in [2.24, 2.45) is 0 Å². The number of hydrogen-bond acceptors (Lipinski definition) is 4. The molecule has 1 aliphatic heterocycles. The van der Waals surface area contributed by atoms with Gasteiger partial charge >= 0.3 is 0 Å². The Balaban J connectivity index is 1.74. The van der Waals surface area contributed by atoms with Crippen molar-refractivity contribution >= 4 is 22.5 Å². The molecule has 5 nitrogen and oxygen atoms in total. The molecule has 2 aromatic heterocycles. The minimum atomic E-state index is -0.450. The topological polar surface area (TPSA) is 49.2 Å². The summed E-state index contributed by atoms with van der Waals surface area (Å²) >= 11 is 6.03. The summed E-state index contributed by atoms with van der Waals surface area (Å²) < 4.78 is 27.5. The lowest BCUT2D eigenvalue weighted by molar-refractivity contribution is 0.110. The molecule has 0 bridgehead atoms. The molecule has 1 aliphatic rings. The minimum absolute atomic E-state index is 0.119. The first kappa shape index (κ1) is 17.2. The van der Waals surface area contributed by atoms with Gasteiger partial charge in [0.1, 0.15) is 5.52 Å². The zero-order chi connectivity index (χ0) is 19.1. The standard InChI is InChI=1S/C21H15ClFN3O2/c22-13-5-7-14(8-6-13)26-21(28-19-4-2-1-3-17(19)23)15-11-24-18-9-10-27-12-16(18)20(15)25-26/h1-8,11H,9-10,12H2. The average molecular weight is 396 g/mol. The molecule has 28 heavy (non-hydrogen) atoms. The molecule has 3 heterocycles. The van der Waals surface area contributed by atoms with Crippen LogP contribution in [0.15, 0.2) is 54.7 Å². The van der Waals surface area contributed by atoms with E-state index < -0.39 is 5.82 Å². The number of nitrogens with zero attached hydrogens (tertiary/aromatic N) is 3. The van der Waals surface area contributed by atoms with E-state index in [1.165, 1.54) is 6.07 Å². The highest BCUT2D eigenvalue weighted by Gasteiger charge is 2.23. The predicted molar refractivity (Wildman–Crippen MR) is 104 cm³/mol. The average Bonchev–Trinajstić information content (AvgIpc) is 3.09. The molecule has 0 aliphatic carbocycles. The van der Waals surface area contributed by atoms with Crippen LogP contribution in [-0.4, -0.2) is 21.4 Å². The monoisotopic (exact) mass is 395 g/mol. The summed E-state index contributed by atoms with van der Waals surface area (Å²) in [6.45, 7) is 1.08. The number of fused-ring (bicyclic) bond motifs is 3. The van der Waals surface area contributed by atoms with E-state index in [1.54, 1.807) is 41.2 Å². The predicted octanol–water partition coefficient (Wildman–Crippen LogP) is 5.08. The summed E-state index contributed by atoms with van der Waals surface area (Å²) in [6, 6.07) is 13.5. The van der Waals surface area contributed by atoms with E-state index >= 15 is 0 Å². The maximum atomic E-state index is 14.2. The van der Waals surface area contributed by atoms with Crippen LogP contribution in [0.25, 0.3) is 16.6 Å². The molecule has 0 amide bonds. The van der Waals surface area contributed by atoms with Crippen LogP contribution in [0.4, 0.5) is 4.39 Å². The van der Waals surface area contributed by atoms with E-state index in [0.29, 0.717) is 29.5 Å². The molecule has 0 fully saturated rings. The number of hydrogen-bond donors (Lipinski definition) is 0. The number of benzene rings is 2. The first-order chi connectivity index (χ1) is 13.7. The van der Waals surface area contributed by atoms with Crippen LogP contribution in [0.3, 0.4) is 0 Å². The summed E-state index contributed by atoms with van der Waals surface area (Å²) in [4.78, 5) is 4.57. The van der Waals surface area contributed by atoms with Crippen molar-refractivity contribution in [2.45, 2.75) is 13.0 Å². The van der Waals surface area contributed by atoms with Crippen molar-refractivity contribution in [1.82, 2.24) is 14.8 Å². The number of para-hydroxylation sites is 1. The molecule has 140 valence electrons. The Hall–Kier alpha value is -2.96. The molecule has 0 saturated heterocycles. The van der Waals surface area contributed by atoms with Gasteiger partial charge in [0.15, 0.2) is 11.6 Å². The normalized spacial score (nSPS) is 13.5. The molecule has 0 saturated carbocycles. The second-order valence-electron chi connectivity index (χ2n) is 6.47. The molecule has 0 atom stereocenters. The maximum Gasteiger partial charge on any atom is 0.232 e. The van der Waals surface area contributed by atoms with Gasteiger partial charge in [0.05, 0.1) is 30.0 Å². The van der Waals surface area contributed by atoms with E-state index in [2.05, 4.69) is 4.98 Å². The van der Waals surface area contributed by atoms with Gasteiger partial charge in [0.2, 0.25) is 5.88 Å². The van der Waals surface area contributed by atoms with Gasteiger partial charge in [-0.25, -0.2) is 4.39 Å². The Morgan fingerprint density at radius 1 is 1.11 bits per heavy atom. The number of ether oxygens (including phenoxy) is 2. The Morgan fingerprint density at radius 2 is 1.93 bits per heavy atom. The van der Waals surface area contributed by atoms with Gasteiger partial charge in [-0.15, -0.1) is 0 Å². The lowest BCUT2D eigenvalue weighted by Gasteiger charge is -2.15. The highest BCUT2D eigenvalue weighted by Crippen LogP contribution is 2.36. The largest absolute Gasteiger partial charge is 0.435 e. The third kappa shape index (κ3) is 2.91. The fourth-order valence-corrected chi connectivity index (χ4v) is 3.43. The lowest BCUT2D eigenvalue weighted by atomic mass is 10.1. The first-order valence-electron chi connectivity index (χ1n) is 8.86. The quantitative estimate of drug-likeness (QED) is 0.485. The third-order valence-electron chi connectivity index (χ3n) is 4.71. The zero-order valence-corrected chi connectivity index (χ0v) is 15.5. The minimum Gasteiger partial charge on any atom is -0.435 e. The molecule has 0 radical (unpaired) electrons. The molecule has 0 spiro atoms. The summed E-state index contributed by atoms with van der Waals surface area (Å²) in [6.07, 6.45) is 2.47. The van der Waals surface area contributed by atoms with E-state index in [9.17, 15) is 4.39 Å². The van der Waals surface area contributed by atoms with Crippen LogP contribution in [0.2, 0.25) is 5.02 Å². The van der Waals surface area contributed by atoms with Crippen LogP contribution in [0.1, 0.15) is 11.3 Å². The van der Waals surface area contributed by atoms with Gasteiger partial charge in [-0.1, -0.05) is 23.7 Å². The van der Waals surface area contributed by atoms with E-state index in [4.69, 9.17) is 26.2 Å². The van der Waals surface area contributed by atoms with Crippen molar-refractivity contribution < 1.29 is 13.9 Å². The van der Waals surface area contributed by atoms with Gasteiger partial charge in [0, 0.05) is 23.2 Å². The van der Waals surface area contributed by atoms with Gasteiger partial charge in [-0.3, -0.25) is 4.98 Å². The summed E-state index contributed by atoms with van der Waals surface area (Å²) in [7, 11) is 0. The second-order valence-corrected chi connectivity index (χ2v) is 6.91. The molecule has 0 unspecified atom stereocenters. The van der Waals surface area contributed by atoms with Gasteiger partial charge < -0.3 is 9.47 Å². The summed E-state index contributed by atoms with van der Waals surface area (Å²) in [5, 5.41) is 6.07. The van der Waals surface area contributed by atoms with E-state index in [-0.39, 0.29) is 5.75 Å². The van der Waals surface area contributed by atoms with E-state index in [0.717, 1.165) is 28.9 Å². The third-order valence-corrected chi connectivity index (χ3v) is 4.96. The molecule has 7 heteroatoms. The van der Waals surface area contributed by atoms with Crippen molar-refractivity contribution in [3.63, 3.8) is 0 Å². The Labute approximate surface area is 165 Å². The highest BCUT2D eigenvalue weighted by molar-refractivity contribution is 6.30. The molecular weight excluding hydrogens is 381 g/mol. The highest BCUT2D eigenvalue weighted by atomic mass is 35.5. The second kappa shape index (κ2) is 6.89. The van der Waals surface area contributed by atoms with E-state index in [1.807, 2.05) is 12.1 Å².